The van der Waals surface area contributed by atoms with Gasteiger partial charge in [0.05, 0.1) is 22.3 Å². The van der Waals surface area contributed by atoms with Crippen LogP contribution in [-0.4, -0.2) is 20.9 Å². The molecule has 0 aliphatic rings. The molecule has 2 aromatic heterocycles. The fraction of sp³-hybridized carbons (Fsp3) is 0.0476. The molecule has 0 radical (unpaired) electrons. The minimum absolute atomic E-state index is 0.142. The van der Waals surface area contributed by atoms with Crippen LogP contribution in [0.15, 0.2) is 73.1 Å². The van der Waals surface area contributed by atoms with E-state index in [0.29, 0.717) is 22.2 Å². The van der Waals surface area contributed by atoms with Gasteiger partial charge in [0.1, 0.15) is 0 Å². The normalized spacial score (nSPS) is 11.4. The molecule has 1 N–H and O–H groups in total. The molecule has 4 rings (SSSR count). The highest BCUT2D eigenvalue weighted by Crippen LogP contribution is 2.32. The van der Waals surface area contributed by atoms with E-state index in [9.17, 15) is 18.0 Å². The summed E-state index contributed by atoms with van der Waals surface area (Å²) in [6.07, 6.45) is -1.46. The quantitative estimate of drug-likeness (QED) is 0.533. The van der Waals surface area contributed by atoms with Crippen LogP contribution < -0.4 is 5.32 Å². The summed E-state index contributed by atoms with van der Waals surface area (Å²) in [5, 5.41) is 3.27. The van der Waals surface area contributed by atoms with Gasteiger partial charge in [-0.1, -0.05) is 30.3 Å². The molecule has 2 aromatic carbocycles. The highest BCUT2D eigenvalue weighted by Gasteiger charge is 2.30. The second-order valence-corrected chi connectivity index (χ2v) is 6.18. The zero-order valence-electron chi connectivity index (χ0n) is 14.8. The lowest BCUT2D eigenvalue weighted by molar-refractivity contribution is -0.137. The second-order valence-electron chi connectivity index (χ2n) is 6.18. The largest absolute Gasteiger partial charge is 0.416 e. The van der Waals surface area contributed by atoms with E-state index < -0.39 is 17.6 Å². The second kappa shape index (κ2) is 7.31. The number of hydrogen-bond donors (Lipinski definition) is 1. The SMILES string of the molecule is O=C(Nc1ncccn1)c1cccc2ccc(-c3cccc(C(F)(F)F)c3)nc12. The molecule has 4 aromatic rings. The number of alkyl halides is 3. The van der Waals surface area contributed by atoms with Gasteiger partial charge in [-0.15, -0.1) is 0 Å². The zero-order valence-corrected chi connectivity index (χ0v) is 14.8. The number of nitrogens with one attached hydrogen (secondary N) is 1. The Morgan fingerprint density at radius 2 is 1.66 bits per heavy atom. The molecule has 0 saturated carbocycles. The molecule has 29 heavy (non-hydrogen) atoms. The Balaban J connectivity index is 1.76. The summed E-state index contributed by atoms with van der Waals surface area (Å²) >= 11 is 0. The van der Waals surface area contributed by atoms with Crippen LogP contribution in [0.2, 0.25) is 0 Å². The lowest BCUT2D eigenvalue weighted by atomic mass is 10.0. The predicted octanol–water partition coefficient (Wildman–Crippen LogP) is 4.96. The van der Waals surface area contributed by atoms with Crippen LogP contribution in [0.1, 0.15) is 15.9 Å². The van der Waals surface area contributed by atoms with E-state index in [4.69, 9.17) is 0 Å². The number of benzene rings is 2. The molecule has 144 valence electrons. The van der Waals surface area contributed by atoms with E-state index in [0.717, 1.165) is 12.1 Å². The molecule has 0 atom stereocenters. The number of carbonyl (C=O) groups is 1. The monoisotopic (exact) mass is 394 g/mol. The van der Waals surface area contributed by atoms with Crippen molar-refractivity contribution in [2.45, 2.75) is 6.18 Å². The standard InChI is InChI=1S/C21H13F3N4O/c22-21(23,24)15-6-1-5-14(12-15)17-9-8-13-4-2-7-16(18(13)27-17)19(29)28-20-25-10-3-11-26-20/h1-12H,(H,25,26,28,29). The minimum atomic E-state index is -4.45. The highest BCUT2D eigenvalue weighted by atomic mass is 19.4. The first-order valence-electron chi connectivity index (χ1n) is 8.57. The average Bonchev–Trinajstić information content (AvgIpc) is 2.73. The molecule has 5 nitrogen and oxygen atoms in total. The number of pyridine rings is 1. The smallest absolute Gasteiger partial charge is 0.290 e. The molecule has 2 heterocycles. The molecule has 0 fully saturated rings. The molecule has 0 aliphatic heterocycles. The topological polar surface area (TPSA) is 67.8 Å². The third kappa shape index (κ3) is 3.91. The van der Waals surface area contributed by atoms with Crippen LogP contribution >= 0.6 is 0 Å². The van der Waals surface area contributed by atoms with Crippen molar-refractivity contribution in [3.05, 3.63) is 84.2 Å². The maximum Gasteiger partial charge on any atom is 0.416 e. The van der Waals surface area contributed by atoms with Gasteiger partial charge in [0, 0.05) is 23.3 Å². The maximum absolute atomic E-state index is 13.0. The number of nitrogens with zero attached hydrogens (tertiary/aromatic N) is 3. The number of hydrogen-bond acceptors (Lipinski definition) is 4. The summed E-state index contributed by atoms with van der Waals surface area (Å²) in [4.78, 5) is 25.0. The summed E-state index contributed by atoms with van der Waals surface area (Å²) in [7, 11) is 0. The Morgan fingerprint density at radius 3 is 2.41 bits per heavy atom. The van der Waals surface area contributed by atoms with Crippen LogP contribution in [0.3, 0.4) is 0 Å². The van der Waals surface area contributed by atoms with Crippen molar-refractivity contribution < 1.29 is 18.0 Å². The number of halogens is 3. The van der Waals surface area contributed by atoms with Gasteiger partial charge in [-0.3, -0.25) is 10.1 Å². The summed E-state index contributed by atoms with van der Waals surface area (Å²) < 4.78 is 39.1. The van der Waals surface area contributed by atoms with Crippen LogP contribution in [0.5, 0.6) is 0 Å². The minimum Gasteiger partial charge on any atom is -0.290 e. The molecule has 0 unspecified atom stereocenters. The Kier molecular flexibility index (Phi) is 4.67. The summed E-state index contributed by atoms with van der Waals surface area (Å²) in [6, 6.07) is 14.9. The van der Waals surface area contributed by atoms with Gasteiger partial charge in [0.2, 0.25) is 5.95 Å². The average molecular weight is 394 g/mol. The first-order valence-corrected chi connectivity index (χ1v) is 8.57. The fourth-order valence-corrected chi connectivity index (χ4v) is 2.88. The van der Waals surface area contributed by atoms with Crippen LogP contribution in [0.4, 0.5) is 19.1 Å². The van der Waals surface area contributed by atoms with Crippen molar-refractivity contribution in [2.24, 2.45) is 0 Å². The Hall–Kier alpha value is -3.81. The van der Waals surface area contributed by atoms with Gasteiger partial charge in [-0.2, -0.15) is 13.2 Å². The van der Waals surface area contributed by atoms with E-state index in [1.54, 1.807) is 42.5 Å². The Bertz CT molecular complexity index is 1190. The van der Waals surface area contributed by atoms with Crippen LogP contribution in [0.25, 0.3) is 22.2 Å². The number of anilines is 1. The number of amides is 1. The number of rotatable bonds is 3. The molecular formula is C21H13F3N4O. The summed E-state index contributed by atoms with van der Waals surface area (Å²) in [5.74, 6) is -0.320. The molecule has 0 spiro atoms. The van der Waals surface area contributed by atoms with E-state index in [2.05, 4.69) is 20.3 Å². The van der Waals surface area contributed by atoms with E-state index in [1.807, 2.05) is 0 Å². The fourth-order valence-electron chi connectivity index (χ4n) is 2.88. The Labute approximate surface area is 163 Å². The number of aromatic nitrogens is 3. The third-order valence-electron chi connectivity index (χ3n) is 4.24. The zero-order chi connectivity index (χ0) is 20.4. The summed E-state index contributed by atoms with van der Waals surface area (Å²) in [5.41, 5.74) is 0.520. The number of carbonyl (C=O) groups excluding carboxylic acids is 1. The van der Waals surface area contributed by atoms with E-state index >= 15 is 0 Å². The highest BCUT2D eigenvalue weighted by molar-refractivity contribution is 6.11. The van der Waals surface area contributed by atoms with Gasteiger partial charge in [-0.25, -0.2) is 15.0 Å². The van der Waals surface area contributed by atoms with E-state index in [1.165, 1.54) is 18.5 Å². The van der Waals surface area contributed by atoms with Crippen molar-refractivity contribution >= 4 is 22.8 Å². The lowest BCUT2D eigenvalue weighted by Gasteiger charge is -2.10. The van der Waals surface area contributed by atoms with Gasteiger partial charge in [-0.05, 0) is 30.3 Å². The first-order chi connectivity index (χ1) is 13.9. The van der Waals surface area contributed by atoms with Crippen molar-refractivity contribution in [2.75, 3.05) is 5.32 Å². The van der Waals surface area contributed by atoms with Crippen LogP contribution in [0, 0.1) is 0 Å². The summed E-state index contributed by atoms with van der Waals surface area (Å²) in [6.45, 7) is 0. The molecular weight excluding hydrogens is 381 g/mol. The van der Waals surface area contributed by atoms with Crippen molar-refractivity contribution in [1.82, 2.24) is 15.0 Å². The first kappa shape index (κ1) is 18.5. The third-order valence-corrected chi connectivity index (χ3v) is 4.24. The predicted molar refractivity (Wildman–Crippen MR) is 102 cm³/mol. The van der Waals surface area contributed by atoms with Crippen LogP contribution in [-0.2, 0) is 6.18 Å². The number of fused-ring (bicyclic) bond motifs is 1. The van der Waals surface area contributed by atoms with Gasteiger partial charge in [0.25, 0.3) is 5.91 Å². The molecule has 0 bridgehead atoms. The van der Waals surface area contributed by atoms with Crippen molar-refractivity contribution in [3.8, 4) is 11.3 Å². The van der Waals surface area contributed by atoms with Crippen molar-refractivity contribution in [3.63, 3.8) is 0 Å². The lowest BCUT2D eigenvalue weighted by Crippen LogP contribution is -2.14. The van der Waals surface area contributed by atoms with Gasteiger partial charge in [0.15, 0.2) is 0 Å². The number of para-hydroxylation sites is 1. The Morgan fingerprint density at radius 1 is 0.897 bits per heavy atom. The van der Waals surface area contributed by atoms with Gasteiger partial charge < -0.3 is 0 Å². The molecule has 8 heteroatoms. The molecule has 0 aliphatic carbocycles. The van der Waals surface area contributed by atoms with Gasteiger partial charge >= 0.3 is 6.18 Å². The maximum atomic E-state index is 13.0. The molecule has 1 amide bonds. The van der Waals surface area contributed by atoms with E-state index in [-0.39, 0.29) is 11.5 Å². The van der Waals surface area contributed by atoms with Crippen molar-refractivity contribution in [1.29, 1.82) is 0 Å². The molecule has 0 saturated heterocycles.